The van der Waals surface area contributed by atoms with Crippen molar-refractivity contribution in [3.8, 4) is 5.75 Å². The fourth-order valence-electron chi connectivity index (χ4n) is 5.79. The number of para-hydroxylation sites is 1. The minimum atomic E-state index is -2.21. The summed E-state index contributed by atoms with van der Waals surface area (Å²) in [5, 5.41) is 15.4. The highest BCUT2D eigenvalue weighted by Crippen LogP contribution is 2.40. The lowest BCUT2D eigenvalue weighted by atomic mass is 9.99. The lowest BCUT2D eigenvalue weighted by Crippen LogP contribution is -2.55. The largest absolute Gasteiger partial charge is 0.543 e. The molecule has 0 spiro atoms. The Morgan fingerprint density at radius 2 is 1.67 bits per heavy atom. The van der Waals surface area contributed by atoms with Crippen molar-refractivity contribution in [3.63, 3.8) is 0 Å². The average Bonchev–Trinajstić information content (AvgIpc) is 3.52. The topological polar surface area (TPSA) is 176 Å². The van der Waals surface area contributed by atoms with E-state index in [1.165, 1.54) is 18.9 Å². The molecular formula is C43H61BrN4O9Si. The number of halogens is 1. The molecule has 15 heteroatoms. The van der Waals surface area contributed by atoms with Gasteiger partial charge in [0.1, 0.15) is 23.4 Å². The first kappa shape index (κ1) is 47.7. The first-order valence-corrected chi connectivity index (χ1v) is 23.2. The number of carboxylic acid groups (broad SMARTS) is 1. The van der Waals surface area contributed by atoms with Crippen LogP contribution in [-0.4, -0.2) is 84.5 Å². The molecule has 3 rings (SSSR count). The minimum Gasteiger partial charge on any atom is -0.543 e. The molecule has 3 aromatic rings. The van der Waals surface area contributed by atoms with E-state index in [9.17, 15) is 24.0 Å². The van der Waals surface area contributed by atoms with Gasteiger partial charge in [-0.3, -0.25) is 19.2 Å². The Morgan fingerprint density at radius 3 is 2.29 bits per heavy atom. The molecular weight excluding hydrogens is 824 g/mol. The third kappa shape index (κ3) is 14.3. The minimum absolute atomic E-state index is 0.0139. The molecule has 0 aliphatic rings. The number of nitrogens with one attached hydrogen (secondary N) is 3. The smallest absolute Gasteiger partial charge is 0.408 e. The predicted octanol–water partition coefficient (Wildman–Crippen LogP) is 8.59. The number of fused-ring (bicyclic) bond motifs is 1. The average molecular weight is 886 g/mol. The molecule has 4 N–H and O–H groups in total. The first-order valence-electron chi connectivity index (χ1n) is 19.5. The maximum Gasteiger partial charge on any atom is 0.408 e. The number of aromatic amines is 1. The summed E-state index contributed by atoms with van der Waals surface area (Å²) in [6.45, 7) is 19.3. The van der Waals surface area contributed by atoms with Gasteiger partial charge in [0.2, 0.25) is 11.8 Å². The van der Waals surface area contributed by atoms with E-state index in [2.05, 4.69) is 65.4 Å². The molecule has 0 fully saturated rings. The molecule has 1 aromatic heterocycles. The Labute approximate surface area is 351 Å². The summed E-state index contributed by atoms with van der Waals surface area (Å²) in [5.74, 6) is -1.86. The molecule has 0 radical (unpaired) electrons. The summed E-state index contributed by atoms with van der Waals surface area (Å²) in [5.41, 5.74) is 2.35. The number of esters is 1. The number of carbonyl (C=O) groups excluding carboxylic acids is 4. The van der Waals surface area contributed by atoms with Gasteiger partial charge in [-0.15, -0.1) is 0 Å². The van der Waals surface area contributed by atoms with Crippen LogP contribution >= 0.6 is 15.9 Å². The number of carbonyl (C=O) groups is 5. The van der Waals surface area contributed by atoms with E-state index < -0.39 is 61.9 Å². The Hall–Kier alpha value is -4.63. The molecule has 0 unspecified atom stereocenters. The maximum atomic E-state index is 14.6. The standard InChI is InChI=1S/C43H61BrN4O9Si/c1-27(18-21-37(49)50)15-14-22-55-38(51)25-34(29-19-20-36(32(44)23-29)57-58(10,11)43(6,7)8)47-39(52)35(24-30-26-45-33-17-13-12-16-31(30)33)48(9)40(53)28(2)46-41(54)56-42(3,4)5/h12-13,15-17,19-20,23,26,28,34-35,45H,14,18,21-22,24-25H2,1-11H3,(H,46,54)(H,47,52)(H,49,50)/b27-15+/t28-,34+,35+/m0/s1. The summed E-state index contributed by atoms with van der Waals surface area (Å²) < 4.78 is 18.2. The van der Waals surface area contributed by atoms with Gasteiger partial charge in [0.15, 0.2) is 0 Å². The van der Waals surface area contributed by atoms with Crippen LogP contribution in [0.25, 0.3) is 10.9 Å². The lowest BCUT2D eigenvalue weighted by Gasteiger charge is -2.36. The van der Waals surface area contributed by atoms with E-state index in [-0.39, 0.29) is 30.9 Å². The second-order valence-corrected chi connectivity index (χ2v) is 22.7. The van der Waals surface area contributed by atoms with Crippen LogP contribution in [0.5, 0.6) is 5.75 Å². The highest BCUT2D eigenvalue weighted by atomic mass is 79.9. The van der Waals surface area contributed by atoms with Crippen molar-refractivity contribution in [2.75, 3.05) is 13.7 Å². The van der Waals surface area contributed by atoms with Crippen molar-refractivity contribution in [2.45, 2.75) is 129 Å². The number of rotatable bonds is 18. The highest BCUT2D eigenvalue weighted by molar-refractivity contribution is 9.10. The second kappa shape index (κ2) is 20.4. The number of H-pyrrole nitrogens is 1. The second-order valence-electron chi connectivity index (χ2n) is 17.2. The maximum absolute atomic E-state index is 14.6. The Bertz CT molecular complexity index is 1960. The van der Waals surface area contributed by atoms with Gasteiger partial charge in [-0.05, 0) is 111 Å². The number of aliphatic carboxylic acids is 1. The Balaban J connectivity index is 1.97. The Morgan fingerprint density at radius 1 is 1.00 bits per heavy atom. The van der Waals surface area contributed by atoms with Crippen LogP contribution in [0, 0.1) is 0 Å². The van der Waals surface area contributed by atoms with Gasteiger partial charge < -0.3 is 39.5 Å². The normalized spacial score (nSPS) is 13.9. The number of hydrogen-bond acceptors (Lipinski definition) is 8. The first-order chi connectivity index (χ1) is 26.9. The van der Waals surface area contributed by atoms with Crippen molar-refractivity contribution in [2.24, 2.45) is 0 Å². The molecule has 0 saturated carbocycles. The van der Waals surface area contributed by atoms with Crippen molar-refractivity contribution in [3.05, 3.63) is 75.9 Å². The third-order valence-corrected chi connectivity index (χ3v) is 15.1. The molecule has 318 valence electrons. The summed E-state index contributed by atoms with van der Waals surface area (Å²) in [4.78, 5) is 69.9. The fourth-order valence-corrected chi connectivity index (χ4v) is 7.45. The monoisotopic (exact) mass is 884 g/mol. The molecule has 0 bridgehead atoms. The van der Waals surface area contributed by atoms with Crippen LogP contribution in [-0.2, 0) is 35.1 Å². The predicted molar refractivity (Wildman–Crippen MR) is 231 cm³/mol. The van der Waals surface area contributed by atoms with Crippen LogP contribution in [0.2, 0.25) is 18.1 Å². The van der Waals surface area contributed by atoms with Gasteiger partial charge in [-0.1, -0.05) is 56.7 Å². The van der Waals surface area contributed by atoms with Crippen molar-refractivity contribution >= 4 is 65.0 Å². The SMILES string of the molecule is C/C(=C\CCOC(=O)C[C@@H](NC(=O)[C@@H](Cc1c[nH]c2ccccc12)N(C)C(=O)[C@H](C)NC(=O)OC(C)(C)C)c1ccc(O[Si](C)(C)C(C)(C)C)c(Br)c1)CCC(=O)O. The molecule has 0 aliphatic carbocycles. The van der Waals surface area contributed by atoms with E-state index in [0.29, 0.717) is 28.6 Å². The zero-order chi connectivity index (χ0) is 43.6. The number of aromatic nitrogens is 1. The molecule has 0 saturated heterocycles. The van der Waals surface area contributed by atoms with E-state index in [1.807, 2.05) is 49.4 Å². The number of amides is 3. The molecule has 3 atom stereocenters. The molecule has 58 heavy (non-hydrogen) atoms. The molecule has 13 nitrogen and oxygen atoms in total. The van der Waals surface area contributed by atoms with Gasteiger partial charge in [0.25, 0.3) is 8.32 Å². The fraction of sp³-hybridized carbons (Fsp3) is 0.512. The zero-order valence-corrected chi connectivity index (χ0v) is 38.3. The quantitative estimate of drug-likeness (QED) is 0.0422. The number of nitrogens with zero attached hydrogens (tertiary/aromatic N) is 1. The summed E-state index contributed by atoms with van der Waals surface area (Å²) in [6.07, 6.45) is 3.57. The van der Waals surface area contributed by atoms with Crippen molar-refractivity contribution < 1.29 is 43.0 Å². The van der Waals surface area contributed by atoms with Crippen LogP contribution < -0.4 is 15.1 Å². The number of hydrogen-bond donors (Lipinski definition) is 4. The molecule has 3 amide bonds. The van der Waals surface area contributed by atoms with Gasteiger partial charge in [-0.25, -0.2) is 4.79 Å². The summed E-state index contributed by atoms with van der Waals surface area (Å²) in [6, 6.07) is 10.1. The van der Waals surface area contributed by atoms with Crippen LogP contribution in [0.3, 0.4) is 0 Å². The number of benzene rings is 2. The zero-order valence-electron chi connectivity index (χ0n) is 35.7. The van der Waals surface area contributed by atoms with Crippen LogP contribution in [0.4, 0.5) is 4.79 Å². The van der Waals surface area contributed by atoms with Crippen molar-refractivity contribution in [1.29, 1.82) is 0 Å². The lowest BCUT2D eigenvalue weighted by molar-refractivity contribution is -0.145. The van der Waals surface area contributed by atoms with Gasteiger partial charge in [0.05, 0.1) is 23.5 Å². The number of carboxylic acids is 1. The number of likely N-dealkylation sites (N-methyl/N-ethyl adjacent to an activating group) is 1. The third-order valence-electron chi connectivity index (χ3n) is 10.1. The summed E-state index contributed by atoms with van der Waals surface area (Å²) >= 11 is 3.67. The molecule has 1 heterocycles. The van der Waals surface area contributed by atoms with E-state index in [4.69, 9.17) is 19.0 Å². The Kier molecular flexibility index (Phi) is 16.8. The van der Waals surface area contributed by atoms with Gasteiger partial charge >= 0.3 is 18.0 Å². The van der Waals surface area contributed by atoms with Gasteiger partial charge in [0, 0.05) is 37.0 Å². The van der Waals surface area contributed by atoms with Gasteiger partial charge in [-0.2, -0.15) is 0 Å². The van der Waals surface area contributed by atoms with Crippen LogP contribution in [0.15, 0.2) is 64.8 Å². The molecule has 0 aliphatic heterocycles. The number of alkyl carbamates (subject to hydrolysis) is 1. The number of allylic oxidation sites excluding steroid dienone is 1. The van der Waals surface area contributed by atoms with E-state index in [1.54, 1.807) is 33.0 Å². The highest BCUT2D eigenvalue weighted by Gasteiger charge is 2.39. The van der Waals surface area contributed by atoms with E-state index >= 15 is 0 Å². The molecule has 2 aromatic carbocycles. The number of ether oxygens (including phenoxy) is 2. The van der Waals surface area contributed by atoms with E-state index in [0.717, 1.165) is 22.0 Å². The van der Waals surface area contributed by atoms with Crippen molar-refractivity contribution in [1.82, 2.24) is 20.5 Å². The van der Waals surface area contributed by atoms with Crippen LogP contribution in [0.1, 0.15) is 98.2 Å². The summed E-state index contributed by atoms with van der Waals surface area (Å²) in [7, 11) is -0.707.